The van der Waals surface area contributed by atoms with Crippen LogP contribution < -0.4 is 4.74 Å². The minimum Gasteiger partial charge on any atom is -0.477 e. The normalized spacial score (nSPS) is 10.2. The standard InChI is InChI=1S/C11H6BrFO3S/c12-6-1-2-7(13)8(5-6)16-10-4-3-9(17-10)11(14)15/h1-5H,(H,14,15). The average Bonchev–Trinajstić information content (AvgIpc) is 2.72. The summed E-state index contributed by atoms with van der Waals surface area (Å²) in [5, 5.41) is 9.07. The Morgan fingerprint density at radius 3 is 2.76 bits per heavy atom. The van der Waals surface area contributed by atoms with Crippen LogP contribution in [0.15, 0.2) is 34.8 Å². The van der Waals surface area contributed by atoms with E-state index in [0.717, 1.165) is 11.3 Å². The van der Waals surface area contributed by atoms with E-state index in [1.54, 1.807) is 6.07 Å². The van der Waals surface area contributed by atoms with Crippen LogP contribution >= 0.6 is 27.3 Å². The minimum absolute atomic E-state index is 0.0539. The third kappa shape index (κ3) is 2.83. The molecule has 0 unspecified atom stereocenters. The minimum atomic E-state index is -1.03. The van der Waals surface area contributed by atoms with Gasteiger partial charge in [0.25, 0.3) is 0 Å². The van der Waals surface area contributed by atoms with Gasteiger partial charge in [-0.1, -0.05) is 27.3 Å². The van der Waals surface area contributed by atoms with E-state index in [0.29, 0.717) is 9.54 Å². The summed E-state index contributed by atoms with van der Waals surface area (Å²) in [6, 6.07) is 7.21. The molecule has 88 valence electrons. The Morgan fingerprint density at radius 1 is 1.35 bits per heavy atom. The summed E-state index contributed by atoms with van der Waals surface area (Å²) in [4.78, 5) is 10.8. The number of aromatic carboxylic acids is 1. The van der Waals surface area contributed by atoms with Gasteiger partial charge in [0.05, 0.1) is 0 Å². The lowest BCUT2D eigenvalue weighted by atomic mass is 10.3. The quantitative estimate of drug-likeness (QED) is 0.925. The van der Waals surface area contributed by atoms with Gasteiger partial charge in [0.1, 0.15) is 4.88 Å². The van der Waals surface area contributed by atoms with Crippen molar-refractivity contribution in [3.05, 3.63) is 45.5 Å². The number of benzene rings is 1. The summed E-state index contributed by atoms with van der Waals surface area (Å²) in [5.41, 5.74) is 0. The van der Waals surface area contributed by atoms with Crippen molar-refractivity contribution in [2.75, 3.05) is 0 Å². The van der Waals surface area contributed by atoms with Crippen molar-refractivity contribution in [2.45, 2.75) is 0 Å². The molecule has 1 heterocycles. The summed E-state index contributed by atoms with van der Waals surface area (Å²) in [7, 11) is 0. The maximum absolute atomic E-state index is 13.4. The molecular weight excluding hydrogens is 311 g/mol. The molecule has 1 aromatic heterocycles. The summed E-state index contributed by atoms with van der Waals surface area (Å²) in [6.07, 6.45) is 0. The van der Waals surface area contributed by atoms with E-state index >= 15 is 0 Å². The maximum atomic E-state index is 13.4. The van der Waals surface area contributed by atoms with Crippen molar-refractivity contribution < 1.29 is 19.0 Å². The molecule has 0 atom stereocenters. The maximum Gasteiger partial charge on any atom is 0.345 e. The average molecular weight is 317 g/mol. The molecule has 0 aliphatic heterocycles. The SMILES string of the molecule is O=C(O)c1ccc(Oc2cc(Br)ccc2F)s1. The second-order valence-corrected chi connectivity index (χ2v) is 5.06. The van der Waals surface area contributed by atoms with Crippen LogP contribution in [0.5, 0.6) is 10.8 Å². The largest absolute Gasteiger partial charge is 0.477 e. The number of carbonyl (C=O) groups is 1. The number of halogens is 2. The van der Waals surface area contributed by atoms with Crippen molar-refractivity contribution in [1.82, 2.24) is 0 Å². The third-order valence-electron chi connectivity index (χ3n) is 1.90. The number of ether oxygens (including phenoxy) is 1. The van der Waals surface area contributed by atoms with Crippen molar-refractivity contribution in [3.63, 3.8) is 0 Å². The summed E-state index contributed by atoms with van der Waals surface area (Å²) >= 11 is 4.15. The fourth-order valence-corrected chi connectivity index (χ4v) is 2.20. The van der Waals surface area contributed by atoms with Gasteiger partial charge in [-0.3, -0.25) is 0 Å². The Labute approximate surface area is 109 Å². The van der Waals surface area contributed by atoms with Gasteiger partial charge >= 0.3 is 5.97 Å². The molecule has 17 heavy (non-hydrogen) atoms. The van der Waals surface area contributed by atoms with Gasteiger partial charge in [-0.25, -0.2) is 9.18 Å². The lowest BCUT2D eigenvalue weighted by molar-refractivity contribution is 0.0702. The number of hydrogen-bond acceptors (Lipinski definition) is 3. The number of hydrogen-bond donors (Lipinski definition) is 1. The van der Waals surface area contributed by atoms with E-state index in [4.69, 9.17) is 9.84 Å². The number of thiophene rings is 1. The molecule has 0 bridgehead atoms. The Morgan fingerprint density at radius 2 is 2.12 bits per heavy atom. The molecule has 0 aliphatic carbocycles. The first-order valence-electron chi connectivity index (χ1n) is 4.52. The highest BCUT2D eigenvalue weighted by Crippen LogP contribution is 2.32. The predicted molar refractivity (Wildman–Crippen MR) is 65.5 cm³/mol. The second-order valence-electron chi connectivity index (χ2n) is 3.10. The van der Waals surface area contributed by atoms with Gasteiger partial charge in [0.15, 0.2) is 16.6 Å². The van der Waals surface area contributed by atoms with Crippen LogP contribution in [0.1, 0.15) is 9.67 Å². The zero-order chi connectivity index (χ0) is 12.4. The van der Waals surface area contributed by atoms with Crippen LogP contribution in [0.25, 0.3) is 0 Å². The molecular formula is C11H6BrFO3S. The van der Waals surface area contributed by atoms with Gasteiger partial charge in [-0.15, -0.1) is 0 Å². The van der Waals surface area contributed by atoms with Crippen LogP contribution in [-0.4, -0.2) is 11.1 Å². The molecule has 3 nitrogen and oxygen atoms in total. The molecule has 0 radical (unpaired) electrons. The molecule has 0 saturated carbocycles. The van der Waals surface area contributed by atoms with Crippen LogP contribution in [-0.2, 0) is 0 Å². The smallest absolute Gasteiger partial charge is 0.345 e. The number of rotatable bonds is 3. The van der Waals surface area contributed by atoms with Crippen molar-refractivity contribution in [3.8, 4) is 10.8 Å². The highest BCUT2D eigenvalue weighted by molar-refractivity contribution is 9.10. The zero-order valence-electron chi connectivity index (χ0n) is 8.31. The van der Waals surface area contributed by atoms with E-state index in [1.807, 2.05) is 0 Å². The fraction of sp³-hybridized carbons (Fsp3) is 0. The third-order valence-corrected chi connectivity index (χ3v) is 3.34. The van der Waals surface area contributed by atoms with Crippen LogP contribution in [0.4, 0.5) is 4.39 Å². The number of carboxylic acids is 1. The van der Waals surface area contributed by atoms with E-state index in [2.05, 4.69) is 15.9 Å². The van der Waals surface area contributed by atoms with Crippen molar-refractivity contribution in [2.24, 2.45) is 0 Å². The molecule has 2 rings (SSSR count). The lowest BCUT2D eigenvalue weighted by Crippen LogP contribution is -1.89. The van der Waals surface area contributed by atoms with E-state index in [1.165, 1.54) is 24.3 Å². The molecule has 0 amide bonds. The van der Waals surface area contributed by atoms with E-state index in [-0.39, 0.29) is 10.6 Å². The fourth-order valence-electron chi connectivity index (χ4n) is 1.15. The molecule has 6 heteroatoms. The van der Waals surface area contributed by atoms with Crippen molar-refractivity contribution >= 4 is 33.2 Å². The zero-order valence-corrected chi connectivity index (χ0v) is 10.7. The number of carboxylic acid groups (broad SMARTS) is 1. The van der Waals surface area contributed by atoms with Gasteiger partial charge in [-0.2, -0.15) is 0 Å². The first kappa shape index (κ1) is 12.1. The highest BCUT2D eigenvalue weighted by atomic mass is 79.9. The molecule has 0 aliphatic rings. The lowest BCUT2D eigenvalue weighted by Gasteiger charge is -2.04. The molecule has 1 N–H and O–H groups in total. The summed E-state index contributed by atoms with van der Waals surface area (Å²) in [5.74, 6) is -1.48. The van der Waals surface area contributed by atoms with Gasteiger partial charge in [0, 0.05) is 4.47 Å². The molecule has 0 saturated heterocycles. The van der Waals surface area contributed by atoms with Gasteiger partial charge in [0.2, 0.25) is 0 Å². The van der Waals surface area contributed by atoms with E-state index < -0.39 is 11.8 Å². The van der Waals surface area contributed by atoms with Gasteiger partial charge < -0.3 is 9.84 Å². The Kier molecular flexibility index (Phi) is 3.44. The molecule has 0 fully saturated rings. The Bertz CT molecular complexity index is 568. The van der Waals surface area contributed by atoms with Gasteiger partial charge in [-0.05, 0) is 30.3 Å². The topological polar surface area (TPSA) is 46.5 Å². The summed E-state index contributed by atoms with van der Waals surface area (Å²) in [6.45, 7) is 0. The highest BCUT2D eigenvalue weighted by Gasteiger charge is 2.10. The Hall–Kier alpha value is -1.40. The van der Waals surface area contributed by atoms with Crippen LogP contribution in [0, 0.1) is 5.82 Å². The predicted octanol–water partition coefficient (Wildman–Crippen LogP) is 4.14. The second kappa shape index (κ2) is 4.85. The van der Waals surface area contributed by atoms with Crippen LogP contribution in [0.2, 0.25) is 0 Å². The Balaban J connectivity index is 2.25. The first-order valence-corrected chi connectivity index (χ1v) is 6.13. The first-order chi connectivity index (χ1) is 8.06. The molecule has 0 spiro atoms. The van der Waals surface area contributed by atoms with E-state index in [9.17, 15) is 9.18 Å². The van der Waals surface area contributed by atoms with Crippen LogP contribution in [0.3, 0.4) is 0 Å². The molecule has 2 aromatic rings. The monoisotopic (exact) mass is 316 g/mol. The molecule has 1 aromatic carbocycles. The van der Waals surface area contributed by atoms with Crippen molar-refractivity contribution in [1.29, 1.82) is 0 Å². The summed E-state index contributed by atoms with van der Waals surface area (Å²) < 4.78 is 19.3.